The lowest BCUT2D eigenvalue weighted by Gasteiger charge is -2.14. The van der Waals surface area contributed by atoms with E-state index in [1.54, 1.807) is 25.1 Å². The third kappa shape index (κ3) is 5.70. The van der Waals surface area contributed by atoms with E-state index in [2.05, 4.69) is 10.3 Å². The lowest BCUT2D eigenvalue weighted by Crippen LogP contribution is -2.25. The van der Waals surface area contributed by atoms with Gasteiger partial charge in [-0.05, 0) is 23.9 Å². The summed E-state index contributed by atoms with van der Waals surface area (Å²) in [6.07, 6.45) is 3.31. The minimum absolute atomic E-state index is 0.107. The van der Waals surface area contributed by atoms with Gasteiger partial charge in [-0.3, -0.25) is 4.98 Å². The molecule has 0 aliphatic heterocycles. The molecule has 0 saturated heterocycles. The predicted molar refractivity (Wildman–Crippen MR) is 86.1 cm³/mol. The molecular weight excluding hydrogens is 299 g/mol. The van der Waals surface area contributed by atoms with E-state index < -0.39 is 13.2 Å². The summed E-state index contributed by atoms with van der Waals surface area (Å²) in [6, 6.07) is 13.1. The number of rotatable bonds is 6. The van der Waals surface area contributed by atoms with Gasteiger partial charge >= 0.3 is 6.09 Å². The molecule has 1 aromatic heterocycles. The van der Waals surface area contributed by atoms with Crippen LogP contribution in [0, 0.1) is 0 Å². The van der Waals surface area contributed by atoms with Crippen LogP contribution < -0.4 is 5.32 Å². The maximum Gasteiger partial charge on any atom is 0.407 e. The number of carbonyl (C=O) groups excluding carboxylic acids is 1. The Labute approximate surface area is 130 Å². The van der Waals surface area contributed by atoms with Gasteiger partial charge in [0.2, 0.25) is 0 Å². The Morgan fingerprint density at radius 3 is 2.59 bits per heavy atom. The molecule has 2 aromatic rings. The van der Waals surface area contributed by atoms with E-state index >= 15 is 0 Å². The van der Waals surface area contributed by atoms with Crippen molar-refractivity contribution in [3.63, 3.8) is 0 Å². The molecule has 0 aliphatic carbocycles. The zero-order chi connectivity index (χ0) is 15.8. The number of hydrogen-bond donors (Lipinski definition) is 1. The van der Waals surface area contributed by atoms with Gasteiger partial charge in [0.1, 0.15) is 13.7 Å². The van der Waals surface area contributed by atoms with E-state index in [0.717, 1.165) is 11.1 Å². The van der Waals surface area contributed by atoms with E-state index in [1.165, 1.54) is 0 Å². The molecule has 1 unspecified atom stereocenters. The topological polar surface area (TPSA) is 68.3 Å². The molecule has 6 heteroatoms. The predicted octanol–water partition coefficient (Wildman–Crippen LogP) is 3.46. The first-order chi connectivity index (χ1) is 10.6. The molecular formula is C16H19N2O3P. The normalized spacial score (nSPS) is 13.1. The second kappa shape index (κ2) is 7.76. The molecule has 5 nitrogen and oxygen atoms in total. The molecule has 1 amide bonds. The molecule has 1 atom stereocenters. The Morgan fingerprint density at radius 2 is 1.91 bits per heavy atom. The second-order valence-electron chi connectivity index (χ2n) is 5.21. The summed E-state index contributed by atoms with van der Waals surface area (Å²) in [6.45, 7) is 1.86. The minimum atomic E-state index is -2.52. The average molecular weight is 318 g/mol. The fourth-order valence-corrected chi connectivity index (χ4v) is 3.47. The van der Waals surface area contributed by atoms with E-state index in [-0.39, 0.29) is 12.9 Å². The van der Waals surface area contributed by atoms with Gasteiger partial charge in [-0.2, -0.15) is 0 Å². The van der Waals surface area contributed by atoms with Crippen LogP contribution in [0.4, 0.5) is 4.79 Å². The van der Waals surface area contributed by atoms with Gasteiger partial charge in [-0.15, -0.1) is 0 Å². The van der Waals surface area contributed by atoms with Gasteiger partial charge in [0.25, 0.3) is 0 Å². The molecule has 0 fully saturated rings. The number of benzene rings is 1. The molecule has 2 rings (SSSR count). The van der Waals surface area contributed by atoms with Crippen molar-refractivity contribution in [3.05, 3.63) is 66.0 Å². The number of aromatic nitrogens is 1. The summed E-state index contributed by atoms with van der Waals surface area (Å²) in [4.78, 5) is 15.6. The number of hydrogen-bond acceptors (Lipinski definition) is 4. The monoisotopic (exact) mass is 318 g/mol. The van der Waals surface area contributed by atoms with E-state index in [4.69, 9.17) is 4.74 Å². The van der Waals surface area contributed by atoms with Gasteiger partial charge in [-0.25, -0.2) is 4.79 Å². The minimum Gasteiger partial charge on any atom is -0.445 e. The number of nitrogens with one attached hydrogen (secondary N) is 1. The van der Waals surface area contributed by atoms with Crippen LogP contribution in [0.2, 0.25) is 0 Å². The fourth-order valence-electron chi connectivity index (χ4n) is 1.94. The smallest absolute Gasteiger partial charge is 0.407 e. The highest BCUT2D eigenvalue weighted by Crippen LogP contribution is 2.43. The van der Waals surface area contributed by atoms with Crippen LogP contribution in [0.3, 0.4) is 0 Å². The van der Waals surface area contributed by atoms with Crippen LogP contribution in [-0.4, -0.2) is 24.0 Å². The van der Waals surface area contributed by atoms with E-state index in [0.29, 0.717) is 6.16 Å². The molecule has 116 valence electrons. The maximum absolute atomic E-state index is 12.5. The number of amides is 1. The van der Waals surface area contributed by atoms with Crippen molar-refractivity contribution < 1.29 is 14.1 Å². The molecule has 1 N–H and O–H groups in total. The molecule has 0 saturated carbocycles. The standard InChI is InChI=1S/C16H19N2O3P/c1-22(20,12-15-8-5-9-17-10-15)13-18-16(19)21-11-14-6-3-2-4-7-14/h2-10H,11-13H2,1H3,(H,18,19). The van der Waals surface area contributed by atoms with Crippen molar-refractivity contribution >= 4 is 13.2 Å². The lowest BCUT2D eigenvalue weighted by atomic mass is 10.2. The van der Waals surface area contributed by atoms with Crippen molar-refractivity contribution in [2.75, 3.05) is 13.0 Å². The van der Waals surface area contributed by atoms with Gasteiger partial charge < -0.3 is 14.6 Å². The number of nitrogens with zero attached hydrogens (tertiary/aromatic N) is 1. The summed E-state index contributed by atoms with van der Waals surface area (Å²) in [5.74, 6) is 0. The number of ether oxygens (including phenoxy) is 1. The second-order valence-corrected chi connectivity index (χ2v) is 8.44. The first-order valence-corrected chi connectivity index (χ1v) is 9.47. The molecule has 0 bridgehead atoms. The van der Waals surface area contributed by atoms with Gasteiger partial charge in [0.15, 0.2) is 0 Å². The molecule has 1 heterocycles. The highest BCUT2D eigenvalue weighted by molar-refractivity contribution is 7.62. The summed E-state index contributed by atoms with van der Waals surface area (Å²) >= 11 is 0. The average Bonchev–Trinajstić information content (AvgIpc) is 2.53. The highest BCUT2D eigenvalue weighted by atomic mass is 31.2. The van der Waals surface area contributed by atoms with Crippen molar-refractivity contribution in [3.8, 4) is 0 Å². The van der Waals surface area contributed by atoms with Gasteiger partial charge in [0.05, 0.1) is 6.29 Å². The van der Waals surface area contributed by atoms with Crippen LogP contribution in [0.5, 0.6) is 0 Å². The third-order valence-electron chi connectivity index (χ3n) is 3.01. The Bertz CT molecular complexity index is 647. The van der Waals surface area contributed by atoms with Crippen molar-refractivity contribution in [2.24, 2.45) is 0 Å². The summed E-state index contributed by atoms with van der Waals surface area (Å²) < 4.78 is 17.6. The van der Waals surface area contributed by atoms with Crippen molar-refractivity contribution in [2.45, 2.75) is 12.8 Å². The van der Waals surface area contributed by atoms with Crippen molar-refractivity contribution in [1.82, 2.24) is 10.3 Å². The molecule has 1 aromatic carbocycles. The first kappa shape index (κ1) is 16.2. The number of pyridine rings is 1. The Hall–Kier alpha value is -2.13. The van der Waals surface area contributed by atoms with Gasteiger partial charge in [0, 0.05) is 18.6 Å². The molecule has 0 spiro atoms. The van der Waals surface area contributed by atoms with Crippen molar-refractivity contribution in [1.29, 1.82) is 0 Å². The van der Waals surface area contributed by atoms with Crippen LogP contribution in [-0.2, 0) is 22.1 Å². The maximum atomic E-state index is 12.5. The largest absolute Gasteiger partial charge is 0.445 e. The third-order valence-corrected chi connectivity index (χ3v) is 4.87. The van der Waals surface area contributed by atoms with Crippen LogP contribution in [0.1, 0.15) is 11.1 Å². The Balaban J connectivity index is 1.76. The summed E-state index contributed by atoms with van der Waals surface area (Å²) in [5.41, 5.74) is 1.81. The quantitative estimate of drug-likeness (QED) is 0.828. The fraction of sp³-hybridized carbons (Fsp3) is 0.250. The molecule has 22 heavy (non-hydrogen) atoms. The zero-order valence-corrected chi connectivity index (χ0v) is 13.3. The number of alkyl carbamates (subject to hydrolysis) is 1. The lowest BCUT2D eigenvalue weighted by molar-refractivity contribution is 0.141. The summed E-state index contributed by atoms with van der Waals surface area (Å²) in [7, 11) is -2.52. The van der Waals surface area contributed by atoms with Crippen LogP contribution >= 0.6 is 7.14 Å². The first-order valence-electron chi connectivity index (χ1n) is 6.94. The summed E-state index contributed by atoms with van der Waals surface area (Å²) in [5, 5.41) is 2.57. The highest BCUT2D eigenvalue weighted by Gasteiger charge is 2.17. The molecule has 0 radical (unpaired) electrons. The van der Waals surface area contributed by atoms with E-state index in [9.17, 15) is 9.36 Å². The van der Waals surface area contributed by atoms with Crippen LogP contribution in [0.25, 0.3) is 0 Å². The number of carbonyl (C=O) groups is 1. The van der Waals surface area contributed by atoms with Gasteiger partial charge in [-0.1, -0.05) is 36.4 Å². The molecule has 0 aliphatic rings. The van der Waals surface area contributed by atoms with E-state index in [1.807, 2.05) is 36.4 Å². The Morgan fingerprint density at radius 1 is 1.18 bits per heavy atom. The van der Waals surface area contributed by atoms with Crippen LogP contribution in [0.15, 0.2) is 54.9 Å². The Kier molecular flexibility index (Phi) is 5.73. The SMILES string of the molecule is CP(=O)(CNC(=O)OCc1ccccc1)Cc1cccnc1. The zero-order valence-electron chi connectivity index (χ0n) is 12.4.